The number of benzene rings is 1. The summed E-state index contributed by atoms with van der Waals surface area (Å²) in [6, 6.07) is 4.31. The second-order valence-corrected chi connectivity index (χ2v) is 4.86. The lowest BCUT2D eigenvalue weighted by molar-refractivity contribution is -0.275. The fourth-order valence-electron chi connectivity index (χ4n) is 1.88. The molecule has 0 bridgehead atoms. The van der Waals surface area contributed by atoms with Crippen LogP contribution in [-0.2, 0) is 0 Å². The maximum Gasteiger partial charge on any atom is 0.573 e. The highest BCUT2D eigenvalue weighted by Gasteiger charge is 2.33. The summed E-state index contributed by atoms with van der Waals surface area (Å²) in [6.07, 6.45) is -4.68. The third kappa shape index (κ3) is 3.60. The van der Waals surface area contributed by atoms with E-state index in [0.717, 1.165) is 11.0 Å². The number of hydrogen-bond acceptors (Lipinski definition) is 3. The van der Waals surface area contributed by atoms with E-state index in [1.807, 2.05) is 0 Å². The first-order valence-electron chi connectivity index (χ1n) is 5.45. The van der Waals surface area contributed by atoms with Crippen LogP contribution in [0.25, 0.3) is 0 Å². The number of nitrogens with one attached hydrogen (secondary N) is 2. The summed E-state index contributed by atoms with van der Waals surface area (Å²) in [5.74, 6) is -0.160. The van der Waals surface area contributed by atoms with Crippen molar-refractivity contribution < 1.29 is 17.9 Å². The van der Waals surface area contributed by atoms with Crippen LogP contribution in [0.4, 0.5) is 13.2 Å². The Morgan fingerprint density at radius 1 is 1.28 bits per heavy atom. The van der Waals surface area contributed by atoms with Crippen molar-refractivity contribution in [2.45, 2.75) is 12.4 Å². The zero-order valence-corrected chi connectivity index (χ0v) is 10.9. The summed E-state index contributed by atoms with van der Waals surface area (Å²) >= 11 is 3.26. The first-order chi connectivity index (χ1) is 8.46. The highest BCUT2D eigenvalue weighted by Crippen LogP contribution is 2.32. The van der Waals surface area contributed by atoms with Gasteiger partial charge in [-0.15, -0.1) is 13.2 Å². The summed E-state index contributed by atoms with van der Waals surface area (Å²) in [5, 5.41) is 6.29. The summed E-state index contributed by atoms with van der Waals surface area (Å²) in [6.45, 7) is 2.09. The van der Waals surface area contributed by atoms with E-state index in [1.165, 1.54) is 12.1 Å². The molecule has 3 nitrogen and oxygen atoms in total. The van der Waals surface area contributed by atoms with E-state index in [4.69, 9.17) is 0 Å². The molecule has 2 N–H and O–H groups in total. The Balaban J connectivity index is 2.28. The zero-order valence-electron chi connectivity index (χ0n) is 9.35. The molecular formula is C11H12BrF3N2O. The van der Waals surface area contributed by atoms with Gasteiger partial charge in [-0.1, -0.05) is 15.9 Å². The largest absolute Gasteiger partial charge is 0.573 e. The van der Waals surface area contributed by atoms with Crippen LogP contribution in [-0.4, -0.2) is 26.0 Å². The first-order valence-corrected chi connectivity index (χ1v) is 6.24. The molecule has 1 aromatic carbocycles. The Kier molecular flexibility index (Phi) is 4.14. The molecule has 7 heteroatoms. The van der Waals surface area contributed by atoms with Crippen molar-refractivity contribution in [3.63, 3.8) is 0 Å². The lowest BCUT2D eigenvalue weighted by Gasteiger charge is -2.26. The van der Waals surface area contributed by atoms with Gasteiger partial charge in [0, 0.05) is 35.7 Å². The van der Waals surface area contributed by atoms with Gasteiger partial charge in [0.15, 0.2) is 0 Å². The maximum atomic E-state index is 12.3. The summed E-state index contributed by atoms with van der Waals surface area (Å²) in [5.41, 5.74) is 0.494. The van der Waals surface area contributed by atoms with Crippen LogP contribution in [0.15, 0.2) is 22.7 Å². The van der Waals surface area contributed by atoms with Crippen molar-refractivity contribution >= 4 is 15.9 Å². The maximum absolute atomic E-state index is 12.3. The van der Waals surface area contributed by atoms with Gasteiger partial charge >= 0.3 is 6.36 Å². The molecule has 0 radical (unpaired) electrons. The molecule has 1 saturated heterocycles. The summed E-state index contributed by atoms with van der Waals surface area (Å²) < 4.78 is 41.7. The number of piperazine rings is 1. The van der Waals surface area contributed by atoms with Gasteiger partial charge in [-0.2, -0.15) is 0 Å². The van der Waals surface area contributed by atoms with Crippen LogP contribution >= 0.6 is 15.9 Å². The average molecular weight is 325 g/mol. The van der Waals surface area contributed by atoms with Crippen LogP contribution in [0.2, 0.25) is 0 Å². The molecular weight excluding hydrogens is 313 g/mol. The zero-order chi connectivity index (χ0) is 13.2. The molecule has 1 heterocycles. The smallest absolute Gasteiger partial charge is 0.405 e. The average Bonchev–Trinajstić information content (AvgIpc) is 2.31. The SMILES string of the molecule is FC(F)(F)Oc1ccc(Br)cc1[C@H]1CNCCN1. The van der Waals surface area contributed by atoms with Gasteiger partial charge in [0.1, 0.15) is 5.75 Å². The molecule has 2 rings (SSSR count). The monoisotopic (exact) mass is 324 g/mol. The van der Waals surface area contributed by atoms with Gasteiger partial charge in [0.25, 0.3) is 0 Å². The molecule has 1 atom stereocenters. The number of halogens is 4. The minimum atomic E-state index is -4.68. The fraction of sp³-hybridized carbons (Fsp3) is 0.455. The van der Waals surface area contributed by atoms with Crippen molar-refractivity contribution in [2.24, 2.45) is 0 Å². The third-order valence-corrected chi connectivity index (χ3v) is 3.11. The van der Waals surface area contributed by atoms with Crippen LogP contribution in [0.1, 0.15) is 11.6 Å². The number of ether oxygens (including phenoxy) is 1. The third-order valence-electron chi connectivity index (χ3n) is 2.61. The first kappa shape index (κ1) is 13.6. The van der Waals surface area contributed by atoms with Crippen molar-refractivity contribution in [2.75, 3.05) is 19.6 Å². The highest BCUT2D eigenvalue weighted by atomic mass is 79.9. The predicted octanol–water partition coefficient (Wildman–Crippen LogP) is 2.58. The molecule has 0 unspecified atom stereocenters. The lowest BCUT2D eigenvalue weighted by Crippen LogP contribution is -2.42. The van der Waals surface area contributed by atoms with E-state index in [2.05, 4.69) is 31.3 Å². The van der Waals surface area contributed by atoms with Crippen molar-refractivity contribution in [3.8, 4) is 5.75 Å². The molecule has 0 aromatic heterocycles. The molecule has 0 saturated carbocycles. The molecule has 1 fully saturated rings. The molecule has 0 spiro atoms. The Morgan fingerprint density at radius 2 is 2.06 bits per heavy atom. The van der Waals surface area contributed by atoms with E-state index < -0.39 is 6.36 Å². The lowest BCUT2D eigenvalue weighted by atomic mass is 10.0. The van der Waals surface area contributed by atoms with Crippen LogP contribution < -0.4 is 15.4 Å². The molecule has 18 heavy (non-hydrogen) atoms. The van der Waals surface area contributed by atoms with Gasteiger partial charge in [-0.25, -0.2) is 0 Å². The van der Waals surface area contributed by atoms with E-state index >= 15 is 0 Å². The Morgan fingerprint density at radius 3 is 2.67 bits per heavy atom. The van der Waals surface area contributed by atoms with Gasteiger partial charge in [0.05, 0.1) is 0 Å². The standard InChI is InChI=1S/C11H12BrF3N2O/c12-7-1-2-10(18-11(13,14)15)8(5-7)9-6-16-3-4-17-9/h1-2,5,9,16-17H,3-4,6H2/t9-/m1/s1. The second kappa shape index (κ2) is 5.46. The van der Waals surface area contributed by atoms with Crippen molar-refractivity contribution in [1.29, 1.82) is 0 Å². The normalized spacial score (nSPS) is 20.8. The minimum absolute atomic E-state index is 0.160. The van der Waals surface area contributed by atoms with Gasteiger partial charge in [-0.05, 0) is 18.2 Å². The fourth-order valence-corrected chi connectivity index (χ4v) is 2.26. The van der Waals surface area contributed by atoms with E-state index in [1.54, 1.807) is 6.07 Å². The number of hydrogen-bond donors (Lipinski definition) is 2. The quantitative estimate of drug-likeness (QED) is 0.877. The van der Waals surface area contributed by atoms with E-state index in [0.29, 0.717) is 18.7 Å². The molecule has 1 aliphatic heterocycles. The predicted molar refractivity (Wildman–Crippen MR) is 64.4 cm³/mol. The summed E-state index contributed by atoms with van der Waals surface area (Å²) in [4.78, 5) is 0. The topological polar surface area (TPSA) is 33.3 Å². The van der Waals surface area contributed by atoms with Crippen LogP contribution in [0, 0.1) is 0 Å². The van der Waals surface area contributed by atoms with Crippen molar-refractivity contribution in [3.05, 3.63) is 28.2 Å². The van der Waals surface area contributed by atoms with Crippen LogP contribution in [0.3, 0.4) is 0 Å². The van der Waals surface area contributed by atoms with E-state index in [9.17, 15) is 13.2 Å². The molecule has 1 aliphatic rings. The van der Waals surface area contributed by atoms with Gasteiger partial charge in [0.2, 0.25) is 0 Å². The van der Waals surface area contributed by atoms with Gasteiger partial charge in [-0.3, -0.25) is 0 Å². The van der Waals surface area contributed by atoms with Gasteiger partial charge < -0.3 is 15.4 Å². The molecule has 0 amide bonds. The molecule has 0 aliphatic carbocycles. The van der Waals surface area contributed by atoms with E-state index in [-0.39, 0.29) is 11.8 Å². The highest BCUT2D eigenvalue weighted by molar-refractivity contribution is 9.10. The molecule has 1 aromatic rings. The number of alkyl halides is 3. The molecule has 100 valence electrons. The van der Waals surface area contributed by atoms with Crippen molar-refractivity contribution in [1.82, 2.24) is 10.6 Å². The number of rotatable bonds is 2. The minimum Gasteiger partial charge on any atom is -0.405 e. The summed E-state index contributed by atoms with van der Waals surface area (Å²) in [7, 11) is 0. The Bertz CT molecular complexity index is 419. The second-order valence-electron chi connectivity index (χ2n) is 3.94. The Hall–Kier alpha value is -0.790. The van der Waals surface area contributed by atoms with Crippen LogP contribution in [0.5, 0.6) is 5.75 Å². The Labute approximate surface area is 111 Å².